The first kappa shape index (κ1) is 11.3. The first-order valence-corrected chi connectivity index (χ1v) is 4.40. The number of aliphatic carboxylic acids is 1. The van der Waals surface area contributed by atoms with Crippen LogP contribution in [0.2, 0.25) is 0 Å². The monoisotopic (exact) mass is 211 g/mol. The summed E-state index contributed by atoms with van der Waals surface area (Å²) in [6.45, 7) is -0.0465. The van der Waals surface area contributed by atoms with Crippen LogP contribution in [0, 0.1) is 0 Å². The van der Waals surface area contributed by atoms with Gasteiger partial charge < -0.3 is 20.7 Å². The number of phenols is 1. The van der Waals surface area contributed by atoms with Crippen LogP contribution in [-0.4, -0.2) is 29.8 Å². The molecular formula is C10H13NO4. The van der Waals surface area contributed by atoms with Gasteiger partial charge in [0.25, 0.3) is 0 Å². The Balaban J connectivity index is 3.22. The maximum absolute atomic E-state index is 10.9. The Bertz CT molecular complexity index is 364. The minimum atomic E-state index is -1.04. The molecule has 4 N–H and O–H groups in total. The number of hydrogen-bond acceptors (Lipinski definition) is 4. The van der Waals surface area contributed by atoms with E-state index in [1.807, 2.05) is 0 Å². The third-order valence-corrected chi connectivity index (χ3v) is 2.14. The van der Waals surface area contributed by atoms with E-state index in [1.54, 1.807) is 12.1 Å². The van der Waals surface area contributed by atoms with E-state index in [2.05, 4.69) is 0 Å². The molecule has 1 unspecified atom stereocenters. The molecule has 0 fully saturated rings. The number of para-hydroxylation sites is 1. The summed E-state index contributed by atoms with van der Waals surface area (Å²) in [6, 6.07) is 4.56. The van der Waals surface area contributed by atoms with Gasteiger partial charge >= 0.3 is 5.97 Å². The highest BCUT2D eigenvalue weighted by Gasteiger charge is 2.23. The number of rotatable bonds is 4. The normalized spacial score (nSPS) is 12.1. The highest BCUT2D eigenvalue weighted by atomic mass is 16.5. The second kappa shape index (κ2) is 4.65. The average molecular weight is 211 g/mol. The lowest BCUT2D eigenvalue weighted by atomic mass is 9.98. The van der Waals surface area contributed by atoms with Crippen LogP contribution in [0.3, 0.4) is 0 Å². The topological polar surface area (TPSA) is 92.8 Å². The predicted octanol–water partition coefficient (Wildman–Crippen LogP) is 0.528. The van der Waals surface area contributed by atoms with Crippen LogP contribution in [0.15, 0.2) is 18.2 Å². The molecule has 1 aromatic carbocycles. The van der Waals surface area contributed by atoms with Crippen molar-refractivity contribution in [2.75, 3.05) is 13.7 Å². The molecule has 0 saturated carbocycles. The van der Waals surface area contributed by atoms with E-state index in [0.29, 0.717) is 5.56 Å². The van der Waals surface area contributed by atoms with Crippen LogP contribution in [0.25, 0.3) is 0 Å². The van der Waals surface area contributed by atoms with Crippen LogP contribution in [0.5, 0.6) is 11.5 Å². The Morgan fingerprint density at radius 2 is 2.27 bits per heavy atom. The Kier molecular flexibility index (Phi) is 3.51. The lowest BCUT2D eigenvalue weighted by Crippen LogP contribution is -2.21. The number of carboxylic acid groups (broad SMARTS) is 1. The smallest absolute Gasteiger partial charge is 0.312 e. The molecule has 0 aliphatic carbocycles. The van der Waals surface area contributed by atoms with Gasteiger partial charge in [-0.2, -0.15) is 0 Å². The van der Waals surface area contributed by atoms with E-state index in [4.69, 9.17) is 15.6 Å². The first-order chi connectivity index (χ1) is 7.11. The van der Waals surface area contributed by atoms with Crippen molar-refractivity contribution in [2.24, 2.45) is 5.73 Å². The molecule has 0 saturated heterocycles. The Morgan fingerprint density at radius 3 is 2.73 bits per heavy atom. The van der Waals surface area contributed by atoms with E-state index in [1.165, 1.54) is 13.2 Å². The highest BCUT2D eigenvalue weighted by molar-refractivity contribution is 5.78. The molecule has 5 heteroatoms. The van der Waals surface area contributed by atoms with Gasteiger partial charge in [-0.15, -0.1) is 0 Å². The maximum atomic E-state index is 10.9. The Labute approximate surface area is 87.1 Å². The number of carboxylic acids is 1. The fourth-order valence-electron chi connectivity index (χ4n) is 1.40. The summed E-state index contributed by atoms with van der Waals surface area (Å²) in [6.07, 6.45) is 0. The molecule has 0 aliphatic rings. The number of phenolic OH excluding ortho intramolecular Hbond substituents is 1. The predicted molar refractivity (Wildman–Crippen MR) is 54.1 cm³/mol. The minimum Gasteiger partial charge on any atom is -0.504 e. The molecule has 0 aromatic heterocycles. The number of nitrogens with two attached hydrogens (primary N) is 1. The molecular weight excluding hydrogens is 198 g/mol. The zero-order chi connectivity index (χ0) is 11.4. The molecule has 0 heterocycles. The zero-order valence-corrected chi connectivity index (χ0v) is 8.30. The number of benzene rings is 1. The fourth-order valence-corrected chi connectivity index (χ4v) is 1.40. The molecule has 1 rings (SSSR count). The molecule has 5 nitrogen and oxygen atoms in total. The lowest BCUT2D eigenvalue weighted by Gasteiger charge is -2.14. The van der Waals surface area contributed by atoms with E-state index in [0.717, 1.165) is 0 Å². The summed E-state index contributed by atoms with van der Waals surface area (Å²) in [5.74, 6) is -1.83. The van der Waals surface area contributed by atoms with Crippen molar-refractivity contribution in [3.63, 3.8) is 0 Å². The third kappa shape index (κ3) is 2.19. The van der Waals surface area contributed by atoms with Gasteiger partial charge in [0.1, 0.15) is 0 Å². The molecule has 0 radical (unpaired) electrons. The van der Waals surface area contributed by atoms with E-state index in [9.17, 15) is 9.90 Å². The number of aromatic hydroxyl groups is 1. The second-order valence-corrected chi connectivity index (χ2v) is 3.03. The molecule has 0 bridgehead atoms. The van der Waals surface area contributed by atoms with Crippen molar-refractivity contribution >= 4 is 5.97 Å². The van der Waals surface area contributed by atoms with E-state index < -0.39 is 11.9 Å². The van der Waals surface area contributed by atoms with Crippen molar-refractivity contribution in [2.45, 2.75) is 5.92 Å². The van der Waals surface area contributed by atoms with Gasteiger partial charge in [-0.05, 0) is 6.07 Å². The lowest BCUT2D eigenvalue weighted by molar-refractivity contribution is -0.138. The molecule has 1 atom stereocenters. The maximum Gasteiger partial charge on any atom is 0.312 e. The number of ether oxygens (including phenoxy) is 1. The molecule has 82 valence electrons. The van der Waals surface area contributed by atoms with Crippen molar-refractivity contribution in [1.82, 2.24) is 0 Å². The van der Waals surface area contributed by atoms with Crippen molar-refractivity contribution < 1.29 is 19.7 Å². The first-order valence-electron chi connectivity index (χ1n) is 4.40. The third-order valence-electron chi connectivity index (χ3n) is 2.14. The van der Waals surface area contributed by atoms with Crippen molar-refractivity contribution in [3.05, 3.63) is 23.8 Å². The van der Waals surface area contributed by atoms with E-state index >= 15 is 0 Å². The van der Waals surface area contributed by atoms with Crippen LogP contribution in [-0.2, 0) is 4.79 Å². The second-order valence-electron chi connectivity index (χ2n) is 3.03. The van der Waals surface area contributed by atoms with Crippen LogP contribution < -0.4 is 10.5 Å². The minimum absolute atomic E-state index is 0.0465. The summed E-state index contributed by atoms with van der Waals surface area (Å²) in [4.78, 5) is 10.9. The highest BCUT2D eigenvalue weighted by Crippen LogP contribution is 2.34. The average Bonchev–Trinajstić information content (AvgIpc) is 2.18. The molecule has 15 heavy (non-hydrogen) atoms. The van der Waals surface area contributed by atoms with Gasteiger partial charge in [-0.3, -0.25) is 4.79 Å². The van der Waals surface area contributed by atoms with E-state index in [-0.39, 0.29) is 18.0 Å². The Morgan fingerprint density at radius 1 is 1.60 bits per heavy atom. The van der Waals surface area contributed by atoms with Gasteiger partial charge in [0.05, 0.1) is 13.0 Å². The summed E-state index contributed by atoms with van der Waals surface area (Å²) in [7, 11) is 1.37. The van der Waals surface area contributed by atoms with Gasteiger partial charge in [-0.25, -0.2) is 0 Å². The zero-order valence-electron chi connectivity index (χ0n) is 8.30. The molecule has 0 spiro atoms. The van der Waals surface area contributed by atoms with Crippen LogP contribution >= 0.6 is 0 Å². The summed E-state index contributed by atoms with van der Waals surface area (Å²) >= 11 is 0. The van der Waals surface area contributed by atoms with Crippen molar-refractivity contribution in [1.29, 1.82) is 0 Å². The van der Waals surface area contributed by atoms with Crippen LogP contribution in [0.4, 0.5) is 0 Å². The fraction of sp³-hybridized carbons (Fsp3) is 0.300. The summed E-state index contributed by atoms with van der Waals surface area (Å²) < 4.78 is 4.94. The van der Waals surface area contributed by atoms with Crippen LogP contribution in [0.1, 0.15) is 11.5 Å². The van der Waals surface area contributed by atoms with Gasteiger partial charge in [0, 0.05) is 12.1 Å². The molecule has 0 amide bonds. The van der Waals surface area contributed by atoms with Gasteiger partial charge in [0.2, 0.25) is 0 Å². The quantitative estimate of drug-likeness (QED) is 0.675. The molecule has 1 aromatic rings. The van der Waals surface area contributed by atoms with Gasteiger partial charge in [0.15, 0.2) is 11.5 Å². The van der Waals surface area contributed by atoms with Gasteiger partial charge in [-0.1, -0.05) is 12.1 Å². The number of hydrogen-bond donors (Lipinski definition) is 3. The SMILES string of the molecule is COc1c(O)cccc1C(CN)C(=O)O. The number of methoxy groups -OCH3 is 1. The van der Waals surface area contributed by atoms with Crippen molar-refractivity contribution in [3.8, 4) is 11.5 Å². The largest absolute Gasteiger partial charge is 0.504 e. The summed E-state index contributed by atoms with van der Waals surface area (Å²) in [5.41, 5.74) is 5.74. The standard InChI is InChI=1S/C10H13NO4/c1-15-9-6(3-2-4-8(9)12)7(5-11)10(13)14/h2-4,7,12H,5,11H2,1H3,(H,13,14). The Hall–Kier alpha value is -1.75. The summed E-state index contributed by atoms with van der Waals surface area (Å²) in [5, 5.41) is 18.4. The molecule has 0 aliphatic heterocycles. The number of carbonyl (C=O) groups is 1.